The molecular weight excluding hydrogens is 336 g/mol. The minimum atomic E-state index is -3.81. The number of hydrogen-bond donors (Lipinski definition) is 0. The predicted molar refractivity (Wildman–Crippen MR) is 88.4 cm³/mol. The van der Waals surface area contributed by atoms with E-state index in [-0.39, 0.29) is 4.90 Å². The fraction of sp³-hybridized carbons (Fsp3) is 0. The topological polar surface area (TPSA) is 60.4 Å². The fourth-order valence-corrected chi connectivity index (χ4v) is 2.94. The molecule has 0 saturated carbocycles. The molecule has 0 atom stereocenters. The van der Waals surface area contributed by atoms with Gasteiger partial charge in [-0.25, -0.2) is 13.2 Å². The van der Waals surface area contributed by atoms with Crippen molar-refractivity contribution in [3.05, 3.63) is 72.3 Å². The first-order valence-corrected chi connectivity index (χ1v) is 9.00. The van der Waals surface area contributed by atoms with Gasteiger partial charge in [-0.2, -0.15) is 0 Å². The first-order chi connectivity index (χ1) is 10.9. The van der Waals surface area contributed by atoms with E-state index < -0.39 is 15.0 Å². The molecule has 0 heterocycles. The van der Waals surface area contributed by atoms with Crippen molar-refractivity contribution >= 4 is 36.5 Å². The number of hydrogen-bond acceptors (Lipinski definition) is 4. The van der Waals surface area contributed by atoms with Crippen LogP contribution in [0.5, 0.6) is 5.75 Å². The zero-order chi connectivity index (χ0) is 16.4. The average Bonchev–Trinajstić information content (AvgIpc) is 2.54. The van der Waals surface area contributed by atoms with Crippen LogP contribution < -0.4 is 4.74 Å². The molecule has 3 rings (SSSR count). The molecule has 0 fully saturated rings. The van der Waals surface area contributed by atoms with Crippen molar-refractivity contribution in [2.75, 3.05) is 0 Å². The van der Waals surface area contributed by atoms with Crippen LogP contribution in [0, 0.1) is 0 Å². The molecule has 4 nitrogen and oxygen atoms in total. The molecule has 0 amide bonds. The SMILES string of the molecule is O=C(Oc1ccc2ccc(S(=O)(=O)Cl)cc2c1)c1ccccc1. The van der Waals surface area contributed by atoms with Crippen LogP contribution in [0.15, 0.2) is 71.6 Å². The zero-order valence-electron chi connectivity index (χ0n) is 11.8. The summed E-state index contributed by atoms with van der Waals surface area (Å²) in [5.74, 6) is -0.151. The summed E-state index contributed by atoms with van der Waals surface area (Å²) in [5, 5.41) is 1.43. The lowest BCUT2D eigenvalue weighted by Crippen LogP contribution is -2.07. The molecule has 0 spiro atoms. The van der Waals surface area contributed by atoms with Crippen LogP contribution in [0.25, 0.3) is 10.8 Å². The number of halogens is 1. The zero-order valence-corrected chi connectivity index (χ0v) is 13.3. The van der Waals surface area contributed by atoms with Crippen molar-refractivity contribution in [2.45, 2.75) is 4.90 Å². The molecule has 0 aliphatic heterocycles. The van der Waals surface area contributed by atoms with Crippen LogP contribution in [-0.4, -0.2) is 14.4 Å². The lowest BCUT2D eigenvalue weighted by Gasteiger charge is -2.06. The minimum absolute atomic E-state index is 0.00166. The maximum Gasteiger partial charge on any atom is 0.343 e. The largest absolute Gasteiger partial charge is 0.423 e. The van der Waals surface area contributed by atoms with E-state index in [1.165, 1.54) is 12.1 Å². The highest BCUT2D eigenvalue weighted by atomic mass is 35.7. The van der Waals surface area contributed by atoms with Gasteiger partial charge in [-0.1, -0.05) is 30.3 Å². The van der Waals surface area contributed by atoms with Gasteiger partial charge in [0.05, 0.1) is 10.5 Å². The van der Waals surface area contributed by atoms with Crippen LogP contribution in [0.1, 0.15) is 10.4 Å². The van der Waals surface area contributed by atoms with Gasteiger partial charge >= 0.3 is 5.97 Å². The number of benzene rings is 3. The number of carbonyl (C=O) groups excluding carboxylic acids is 1. The Bertz CT molecular complexity index is 982. The van der Waals surface area contributed by atoms with Crippen LogP contribution in [0.3, 0.4) is 0 Å². The molecule has 0 radical (unpaired) electrons. The molecule has 3 aromatic rings. The molecule has 0 aliphatic rings. The van der Waals surface area contributed by atoms with Crippen LogP contribution in [-0.2, 0) is 9.05 Å². The molecule has 0 aromatic heterocycles. The van der Waals surface area contributed by atoms with Crippen molar-refractivity contribution in [3.8, 4) is 5.75 Å². The normalized spacial score (nSPS) is 11.3. The third kappa shape index (κ3) is 3.52. The Kier molecular flexibility index (Phi) is 4.07. The summed E-state index contributed by atoms with van der Waals surface area (Å²) in [6.45, 7) is 0. The first kappa shape index (κ1) is 15.5. The van der Waals surface area contributed by atoms with E-state index >= 15 is 0 Å². The number of ether oxygens (including phenoxy) is 1. The highest BCUT2D eigenvalue weighted by molar-refractivity contribution is 8.13. The second-order valence-corrected chi connectivity index (χ2v) is 7.43. The number of esters is 1. The Morgan fingerprint density at radius 2 is 1.57 bits per heavy atom. The van der Waals surface area contributed by atoms with Crippen molar-refractivity contribution in [3.63, 3.8) is 0 Å². The predicted octanol–water partition coefficient (Wildman–Crippen LogP) is 3.99. The summed E-state index contributed by atoms with van der Waals surface area (Å²) < 4.78 is 28.1. The van der Waals surface area contributed by atoms with Gasteiger partial charge in [-0.15, -0.1) is 0 Å². The van der Waals surface area contributed by atoms with Gasteiger partial charge in [0.15, 0.2) is 0 Å². The maximum atomic E-state index is 12.0. The number of fused-ring (bicyclic) bond motifs is 1. The molecule has 6 heteroatoms. The van der Waals surface area contributed by atoms with E-state index in [1.54, 1.807) is 54.6 Å². The molecule has 116 valence electrons. The quantitative estimate of drug-likeness (QED) is 0.409. The molecule has 0 aliphatic carbocycles. The fourth-order valence-electron chi connectivity index (χ4n) is 2.16. The van der Waals surface area contributed by atoms with Crippen molar-refractivity contribution in [1.29, 1.82) is 0 Å². The van der Waals surface area contributed by atoms with Gasteiger partial charge in [0, 0.05) is 10.7 Å². The minimum Gasteiger partial charge on any atom is -0.423 e. The Morgan fingerprint density at radius 1 is 0.870 bits per heavy atom. The third-order valence-electron chi connectivity index (χ3n) is 3.28. The van der Waals surface area contributed by atoms with Crippen LogP contribution in [0.2, 0.25) is 0 Å². The smallest absolute Gasteiger partial charge is 0.343 e. The second-order valence-electron chi connectivity index (χ2n) is 4.86. The molecule has 0 saturated heterocycles. The highest BCUT2D eigenvalue weighted by Gasteiger charge is 2.12. The van der Waals surface area contributed by atoms with Gasteiger partial charge in [-0.05, 0) is 47.2 Å². The lowest BCUT2D eigenvalue weighted by molar-refractivity contribution is 0.0735. The number of carbonyl (C=O) groups is 1. The summed E-state index contributed by atoms with van der Waals surface area (Å²) in [6, 6.07) is 18.1. The second kappa shape index (κ2) is 6.02. The van der Waals surface area contributed by atoms with Gasteiger partial charge < -0.3 is 4.74 Å². The van der Waals surface area contributed by atoms with Gasteiger partial charge in [0.1, 0.15) is 5.75 Å². The van der Waals surface area contributed by atoms with Crippen LogP contribution >= 0.6 is 10.7 Å². The van der Waals surface area contributed by atoms with Gasteiger partial charge in [0.25, 0.3) is 9.05 Å². The maximum absolute atomic E-state index is 12.0. The Balaban J connectivity index is 1.94. The van der Waals surface area contributed by atoms with E-state index in [0.29, 0.717) is 16.7 Å². The molecular formula is C17H11ClO4S. The Hall–Kier alpha value is -2.37. The lowest BCUT2D eigenvalue weighted by atomic mass is 10.1. The monoisotopic (exact) mass is 346 g/mol. The first-order valence-electron chi connectivity index (χ1n) is 6.69. The summed E-state index contributed by atoms with van der Waals surface area (Å²) in [5.41, 5.74) is 0.435. The van der Waals surface area contributed by atoms with Crippen molar-refractivity contribution in [2.24, 2.45) is 0 Å². The van der Waals surface area contributed by atoms with E-state index in [4.69, 9.17) is 15.4 Å². The van der Waals surface area contributed by atoms with E-state index in [1.807, 2.05) is 0 Å². The summed E-state index contributed by atoms with van der Waals surface area (Å²) in [7, 11) is 1.54. The molecule has 0 N–H and O–H groups in total. The Labute approximate surface area is 137 Å². The highest BCUT2D eigenvalue weighted by Crippen LogP contribution is 2.25. The van der Waals surface area contributed by atoms with Crippen LogP contribution in [0.4, 0.5) is 0 Å². The number of rotatable bonds is 3. The standard InChI is InChI=1S/C17H11ClO4S/c18-23(20,21)16-9-7-12-6-8-15(10-14(12)11-16)22-17(19)13-4-2-1-3-5-13/h1-11H. The summed E-state index contributed by atoms with van der Waals surface area (Å²) in [4.78, 5) is 12.0. The molecule has 0 unspecified atom stereocenters. The third-order valence-corrected chi connectivity index (χ3v) is 4.64. The van der Waals surface area contributed by atoms with Gasteiger partial charge in [-0.3, -0.25) is 0 Å². The van der Waals surface area contributed by atoms with E-state index in [2.05, 4.69) is 0 Å². The molecule has 3 aromatic carbocycles. The van der Waals surface area contributed by atoms with Crippen molar-refractivity contribution < 1.29 is 17.9 Å². The van der Waals surface area contributed by atoms with E-state index in [9.17, 15) is 13.2 Å². The summed E-state index contributed by atoms with van der Waals surface area (Å²) >= 11 is 0. The molecule has 23 heavy (non-hydrogen) atoms. The van der Waals surface area contributed by atoms with Gasteiger partial charge in [0.2, 0.25) is 0 Å². The van der Waals surface area contributed by atoms with E-state index in [0.717, 1.165) is 5.39 Å². The Morgan fingerprint density at radius 3 is 2.26 bits per heavy atom. The van der Waals surface area contributed by atoms with Crippen molar-refractivity contribution in [1.82, 2.24) is 0 Å². The average molecular weight is 347 g/mol. The summed E-state index contributed by atoms with van der Waals surface area (Å²) in [6.07, 6.45) is 0. The molecule has 0 bridgehead atoms.